The van der Waals surface area contributed by atoms with Gasteiger partial charge >= 0.3 is 5.97 Å². The summed E-state index contributed by atoms with van der Waals surface area (Å²) in [5.74, 6) is -0.709. The van der Waals surface area contributed by atoms with E-state index >= 15 is 0 Å². The summed E-state index contributed by atoms with van der Waals surface area (Å²) >= 11 is 5.77. The number of carbonyl (C=O) groups is 1. The Labute approximate surface area is 99.2 Å². The fraction of sp³-hybridized carbons (Fsp3) is 0.636. The lowest BCUT2D eigenvalue weighted by molar-refractivity contribution is -0.152. The molecule has 0 aliphatic heterocycles. The molecule has 1 N–H and O–H groups in total. The number of aliphatic carboxylic acids is 1. The molecule has 2 rings (SSSR count). The van der Waals surface area contributed by atoms with E-state index in [0.717, 1.165) is 32.1 Å². The van der Waals surface area contributed by atoms with E-state index < -0.39 is 11.4 Å². The van der Waals surface area contributed by atoms with Crippen LogP contribution < -0.4 is 0 Å². The van der Waals surface area contributed by atoms with Crippen LogP contribution in [0, 0.1) is 5.41 Å². The molecule has 1 heterocycles. The smallest absolute Gasteiger partial charge is 0.311 e. The predicted octanol–water partition coefficient (Wildman–Crippen LogP) is 2.57. The van der Waals surface area contributed by atoms with E-state index in [4.69, 9.17) is 11.6 Å². The summed E-state index contributed by atoms with van der Waals surface area (Å²) < 4.78 is 1.64. The second kappa shape index (κ2) is 4.45. The van der Waals surface area contributed by atoms with E-state index in [1.54, 1.807) is 17.1 Å². The number of aromatic nitrogens is 2. The molecule has 0 amide bonds. The molecule has 0 radical (unpaired) electrons. The number of hydrogen-bond acceptors (Lipinski definition) is 2. The van der Waals surface area contributed by atoms with Gasteiger partial charge in [-0.25, -0.2) is 0 Å². The summed E-state index contributed by atoms with van der Waals surface area (Å²) in [6, 6.07) is 0. The molecule has 0 spiro atoms. The normalized spacial score (nSPS) is 19.6. The van der Waals surface area contributed by atoms with E-state index in [1.807, 2.05) is 0 Å². The first-order valence-electron chi connectivity index (χ1n) is 5.54. The van der Waals surface area contributed by atoms with Crippen LogP contribution in [-0.4, -0.2) is 20.9 Å². The van der Waals surface area contributed by atoms with Crippen molar-refractivity contribution in [3.05, 3.63) is 17.4 Å². The SMILES string of the molecule is O=C(O)C1(Cn2cc(Cl)cn2)CCCCC1. The van der Waals surface area contributed by atoms with Crippen LogP contribution in [0.3, 0.4) is 0 Å². The third-order valence-electron chi connectivity index (χ3n) is 3.33. The van der Waals surface area contributed by atoms with Gasteiger partial charge in [-0.05, 0) is 12.8 Å². The predicted molar refractivity (Wildman–Crippen MR) is 60.4 cm³/mol. The van der Waals surface area contributed by atoms with Gasteiger partial charge in [-0.1, -0.05) is 30.9 Å². The molecule has 0 bridgehead atoms. The van der Waals surface area contributed by atoms with Crippen LogP contribution in [0.15, 0.2) is 12.4 Å². The molecular weight excluding hydrogens is 228 g/mol. The molecule has 16 heavy (non-hydrogen) atoms. The topological polar surface area (TPSA) is 55.1 Å². The summed E-state index contributed by atoms with van der Waals surface area (Å²) in [4.78, 5) is 11.4. The van der Waals surface area contributed by atoms with Crippen LogP contribution in [0.2, 0.25) is 5.02 Å². The average Bonchev–Trinajstić information content (AvgIpc) is 2.65. The van der Waals surface area contributed by atoms with Gasteiger partial charge in [0, 0.05) is 6.20 Å². The van der Waals surface area contributed by atoms with Crippen molar-refractivity contribution in [1.29, 1.82) is 0 Å². The fourth-order valence-corrected chi connectivity index (χ4v) is 2.56. The average molecular weight is 243 g/mol. The van der Waals surface area contributed by atoms with Crippen LogP contribution in [0.25, 0.3) is 0 Å². The maximum absolute atomic E-state index is 11.4. The standard InChI is InChI=1S/C11H15ClN2O2/c12-9-6-13-14(7-9)8-11(10(15)16)4-2-1-3-5-11/h6-7H,1-5,8H2,(H,15,16). The summed E-state index contributed by atoms with van der Waals surface area (Å²) in [5.41, 5.74) is -0.645. The summed E-state index contributed by atoms with van der Waals surface area (Å²) in [7, 11) is 0. The van der Waals surface area contributed by atoms with Crippen LogP contribution >= 0.6 is 11.6 Å². The van der Waals surface area contributed by atoms with Gasteiger partial charge in [0.05, 0.1) is 23.2 Å². The van der Waals surface area contributed by atoms with Crippen molar-refractivity contribution >= 4 is 17.6 Å². The number of carboxylic acid groups (broad SMARTS) is 1. The van der Waals surface area contributed by atoms with Crippen molar-refractivity contribution in [2.45, 2.75) is 38.6 Å². The minimum absolute atomic E-state index is 0.426. The molecule has 1 aromatic rings. The lowest BCUT2D eigenvalue weighted by Gasteiger charge is -2.32. The van der Waals surface area contributed by atoms with Crippen molar-refractivity contribution in [1.82, 2.24) is 9.78 Å². The molecule has 0 saturated heterocycles. The quantitative estimate of drug-likeness (QED) is 0.886. The lowest BCUT2D eigenvalue weighted by atomic mass is 9.74. The molecule has 1 aromatic heterocycles. The second-order valence-electron chi connectivity index (χ2n) is 4.50. The molecular formula is C11H15ClN2O2. The van der Waals surface area contributed by atoms with E-state index in [0.29, 0.717) is 11.6 Å². The third-order valence-corrected chi connectivity index (χ3v) is 3.53. The van der Waals surface area contributed by atoms with E-state index in [9.17, 15) is 9.90 Å². The van der Waals surface area contributed by atoms with Gasteiger partial charge in [0.15, 0.2) is 0 Å². The number of rotatable bonds is 3. The largest absolute Gasteiger partial charge is 0.481 e. The van der Waals surface area contributed by atoms with Gasteiger partial charge in [-0.15, -0.1) is 0 Å². The van der Waals surface area contributed by atoms with E-state index in [2.05, 4.69) is 5.10 Å². The summed E-state index contributed by atoms with van der Waals surface area (Å²) in [6.45, 7) is 0.426. The van der Waals surface area contributed by atoms with Crippen molar-refractivity contribution in [3.63, 3.8) is 0 Å². The van der Waals surface area contributed by atoms with Crippen LogP contribution in [-0.2, 0) is 11.3 Å². The second-order valence-corrected chi connectivity index (χ2v) is 4.94. The molecule has 0 aromatic carbocycles. The number of halogens is 1. The van der Waals surface area contributed by atoms with Crippen molar-refractivity contribution in [3.8, 4) is 0 Å². The van der Waals surface area contributed by atoms with Gasteiger partial charge in [-0.2, -0.15) is 5.10 Å². The highest BCUT2D eigenvalue weighted by molar-refractivity contribution is 6.30. The number of hydrogen-bond donors (Lipinski definition) is 1. The van der Waals surface area contributed by atoms with Gasteiger partial charge in [-0.3, -0.25) is 9.48 Å². The van der Waals surface area contributed by atoms with E-state index in [1.165, 1.54) is 0 Å². The molecule has 0 unspecified atom stereocenters. The highest BCUT2D eigenvalue weighted by Crippen LogP contribution is 2.38. The maximum Gasteiger partial charge on any atom is 0.311 e. The number of carboxylic acids is 1. The zero-order chi connectivity index (χ0) is 11.6. The molecule has 1 saturated carbocycles. The Balaban J connectivity index is 2.16. The van der Waals surface area contributed by atoms with Gasteiger partial charge in [0.1, 0.15) is 0 Å². The summed E-state index contributed by atoms with van der Waals surface area (Å²) in [5, 5.41) is 14.0. The zero-order valence-corrected chi connectivity index (χ0v) is 9.78. The Morgan fingerprint density at radius 2 is 2.19 bits per heavy atom. The fourth-order valence-electron chi connectivity index (χ4n) is 2.40. The highest BCUT2D eigenvalue weighted by Gasteiger charge is 2.40. The summed E-state index contributed by atoms with van der Waals surface area (Å²) in [6.07, 6.45) is 7.80. The number of nitrogens with zero attached hydrogens (tertiary/aromatic N) is 2. The van der Waals surface area contributed by atoms with Crippen LogP contribution in [0.4, 0.5) is 0 Å². The van der Waals surface area contributed by atoms with E-state index in [-0.39, 0.29) is 0 Å². The molecule has 0 atom stereocenters. The Morgan fingerprint density at radius 1 is 1.50 bits per heavy atom. The molecule has 1 fully saturated rings. The molecule has 88 valence electrons. The molecule has 4 nitrogen and oxygen atoms in total. The van der Waals surface area contributed by atoms with Gasteiger partial charge in [0.25, 0.3) is 0 Å². The van der Waals surface area contributed by atoms with Crippen molar-refractivity contribution < 1.29 is 9.90 Å². The highest BCUT2D eigenvalue weighted by atomic mass is 35.5. The minimum Gasteiger partial charge on any atom is -0.481 e. The Bertz CT molecular complexity index is 383. The first kappa shape index (κ1) is 11.5. The van der Waals surface area contributed by atoms with Crippen molar-refractivity contribution in [2.75, 3.05) is 0 Å². The Hall–Kier alpha value is -1.03. The third kappa shape index (κ3) is 2.21. The molecule has 1 aliphatic rings. The molecule has 5 heteroatoms. The molecule has 1 aliphatic carbocycles. The minimum atomic E-state index is -0.709. The monoisotopic (exact) mass is 242 g/mol. The van der Waals surface area contributed by atoms with Gasteiger partial charge < -0.3 is 5.11 Å². The lowest BCUT2D eigenvalue weighted by Crippen LogP contribution is -2.37. The first-order valence-corrected chi connectivity index (χ1v) is 5.92. The van der Waals surface area contributed by atoms with Crippen LogP contribution in [0.1, 0.15) is 32.1 Å². The zero-order valence-electron chi connectivity index (χ0n) is 9.03. The Kier molecular flexibility index (Phi) is 3.19. The Morgan fingerprint density at radius 3 is 2.69 bits per heavy atom. The first-order chi connectivity index (χ1) is 7.62. The van der Waals surface area contributed by atoms with Gasteiger partial charge in [0.2, 0.25) is 0 Å². The maximum atomic E-state index is 11.4. The van der Waals surface area contributed by atoms with Crippen LogP contribution in [0.5, 0.6) is 0 Å². The van der Waals surface area contributed by atoms with Crippen molar-refractivity contribution in [2.24, 2.45) is 5.41 Å².